The number of methoxy groups -OCH3 is 1. The van der Waals surface area contributed by atoms with E-state index in [1.54, 1.807) is 7.11 Å². The minimum atomic E-state index is 0.645. The van der Waals surface area contributed by atoms with E-state index in [2.05, 4.69) is 28.7 Å². The molecule has 0 fully saturated rings. The molecule has 0 unspecified atom stereocenters. The zero-order valence-electron chi connectivity index (χ0n) is 11.7. The maximum atomic E-state index is 5.45. The van der Waals surface area contributed by atoms with E-state index in [1.807, 2.05) is 12.4 Å². The molecule has 0 aliphatic rings. The lowest BCUT2D eigenvalue weighted by molar-refractivity contribution is 0.0663. The highest BCUT2D eigenvalue weighted by Crippen LogP contribution is 1.98. The lowest BCUT2D eigenvalue weighted by Gasteiger charge is -2.10. The quantitative estimate of drug-likeness (QED) is 0.640. The summed E-state index contributed by atoms with van der Waals surface area (Å²) in [6, 6.07) is 0. The van der Waals surface area contributed by atoms with Crippen LogP contribution >= 0.6 is 0 Å². The van der Waals surface area contributed by atoms with E-state index in [4.69, 9.17) is 9.47 Å². The summed E-state index contributed by atoms with van der Waals surface area (Å²) in [6.45, 7) is 9.03. The summed E-state index contributed by atoms with van der Waals surface area (Å²) in [7, 11) is 1.68. The van der Waals surface area contributed by atoms with Crippen molar-refractivity contribution in [1.82, 2.24) is 14.9 Å². The van der Waals surface area contributed by atoms with Gasteiger partial charge in [-0.25, -0.2) is 4.98 Å². The lowest BCUT2D eigenvalue weighted by atomic mass is 10.2. The monoisotopic (exact) mass is 255 g/mol. The molecule has 0 atom stereocenters. The van der Waals surface area contributed by atoms with Gasteiger partial charge in [-0.3, -0.25) is 0 Å². The van der Waals surface area contributed by atoms with Crippen molar-refractivity contribution in [3.63, 3.8) is 0 Å². The number of nitrogens with zero attached hydrogens (tertiary/aromatic N) is 2. The number of aromatic nitrogens is 2. The Morgan fingerprint density at radius 2 is 2.17 bits per heavy atom. The Morgan fingerprint density at radius 1 is 1.33 bits per heavy atom. The van der Waals surface area contributed by atoms with Gasteiger partial charge in [-0.2, -0.15) is 0 Å². The van der Waals surface area contributed by atoms with Gasteiger partial charge in [-0.1, -0.05) is 13.8 Å². The molecule has 0 bridgehead atoms. The molecule has 0 saturated carbocycles. The van der Waals surface area contributed by atoms with Gasteiger partial charge >= 0.3 is 0 Å². The number of imidazole rings is 1. The smallest absolute Gasteiger partial charge is 0.122 e. The molecule has 1 aromatic rings. The fourth-order valence-electron chi connectivity index (χ4n) is 1.59. The molecule has 0 amide bonds. The van der Waals surface area contributed by atoms with E-state index in [1.165, 1.54) is 0 Å². The molecule has 0 aliphatic heterocycles. The van der Waals surface area contributed by atoms with E-state index in [0.717, 1.165) is 25.5 Å². The van der Waals surface area contributed by atoms with Crippen molar-refractivity contribution in [3.05, 3.63) is 18.2 Å². The number of nitrogens with one attached hydrogen (secondary N) is 1. The van der Waals surface area contributed by atoms with Crippen molar-refractivity contribution in [2.24, 2.45) is 5.92 Å². The van der Waals surface area contributed by atoms with Crippen LogP contribution in [0, 0.1) is 5.92 Å². The maximum Gasteiger partial charge on any atom is 0.122 e. The molecule has 1 rings (SSSR count). The molecule has 5 heteroatoms. The second kappa shape index (κ2) is 9.08. The van der Waals surface area contributed by atoms with Crippen molar-refractivity contribution >= 4 is 0 Å². The van der Waals surface area contributed by atoms with E-state index in [-0.39, 0.29) is 0 Å². The van der Waals surface area contributed by atoms with Crippen LogP contribution in [0.25, 0.3) is 0 Å². The Kier molecular flexibility index (Phi) is 7.64. The van der Waals surface area contributed by atoms with E-state index in [9.17, 15) is 0 Å². The van der Waals surface area contributed by atoms with Crippen LogP contribution in [-0.2, 0) is 22.6 Å². The number of hydrogen-bond acceptors (Lipinski definition) is 4. The van der Waals surface area contributed by atoms with Crippen LogP contribution in [0.1, 0.15) is 19.7 Å². The molecule has 0 aliphatic carbocycles. The summed E-state index contributed by atoms with van der Waals surface area (Å²) in [5, 5.41) is 3.39. The fraction of sp³-hybridized carbons (Fsp3) is 0.769. The van der Waals surface area contributed by atoms with Gasteiger partial charge in [0.2, 0.25) is 0 Å². The Morgan fingerprint density at radius 3 is 2.89 bits per heavy atom. The van der Waals surface area contributed by atoms with Gasteiger partial charge in [-0.05, 0) is 12.5 Å². The first kappa shape index (κ1) is 15.1. The van der Waals surface area contributed by atoms with Crippen molar-refractivity contribution in [3.8, 4) is 0 Å². The Hall–Kier alpha value is -0.910. The Labute approximate surface area is 109 Å². The normalized spacial score (nSPS) is 11.3. The van der Waals surface area contributed by atoms with Crippen LogP contribution in [0.15, 0.2) is 12.4 Å². The summed E-state index contributed by atoms with van der Waals surface area (Å²) in [5.41, 5.74) is 0. The van der Waals surface area contributed by atoms with Gasteiger partial charge in [0.15, 0.2) is 0 Å². The maximum absolute atomic E-state index is 5.45. The van der Waals surface area contributed by atoms with Gasteiger partial charge in [0, 0.05) is 26.0 Å². The highest BCUT2D eigenvalue weighted by molar-refractivity contribution is 4.91. The van der Waals surface area contributed by atoms with E-state index < -0.39 is 0 Å². The molecule has 0 radical (unpaired) electrons. The van der Waals surface area contributed by atoms with Gasteiger partial charge in [0.1, 0.15) is 5.82 Å². The third-order valence-corrected chi connectivity index (χ3v) is 2.55. The Balaban J connectivity index is 2.22. The topological polar surface area (TPSA) is 48.3 Å². The average molecular weight is 255 g/mol. The third kappa shape index (κ3) is 6.14. The molecule has 1 aromatic heterocycles. The molecule has 1 heterocycles. The van der Waals surface area contributed by atoms with Crippen LogP contribution in [0.4, 0.5) is 0 Å². The second-order valence-electron chi connectivity index (χ2n) is 4.67. The third-order valence-electron chi connectivity index (χ3n) is 2.55. The number of rotatable bonds is 10. The average Bonchev–Trinajstić information content (AvgIpc) is 2.76. The van der Waals surface area contributed by atoms with Crippen molar-refractivity contribution in [2.75, 3.05) is 33.5 Å². The molecule has 18 heavy (non-hydrogen) atoms. The summed E-state index contributed by atoms with van der Waals surface area (Å²) in [6.07, 6.45) is 3.83. The molecule has 5 nitrogen and oxygen atoms in total. The zero-order chi connectivity index (χ0) is 13.2. The first-order valence-corrected chi connectivity index (χ1v) is 6.51. The summed E-state index contributed by atoms with van der Waals surface area (Å²) in [4.78, 5) is 4.35. The van der Waals surface area contributed by atoms with Crippen molar-refractivity contribution in [2.45, 2.75) is 26.9 Å². The first-order chi connectivity index (χ1) is 8.74. The van der Waals surface area contributed by atoms with Crippen molar-refractivity contribution < 1.29 is 9.47 Å². The van der Waals surface area contributed by atoms with Gasteiger partial charge in [0.05, 0.1) is 26.4 Å². The zero-order valence-corrected chi connectivity index (χ0v) is 11.7. The van der Waals surface area contributed by atoms with E-state index in [0.29, 0.717) is 25.7 Å². The number of ether oxygens (including phenoxy) is 2. The van der Waals surface area contributed by atoms with Gasteiger partial charge in [0.25, 0.3) is 0 Å². The largest absolute Gasteiger partial charge is 0.382 e. The van der Waals surface area contributed by atoms with E-state index >= 15 is 0 Å². The molecular weight excluding hydrogens is 230 g/mol. The standard InChI is InChI=1S/C13H25N3O2/c1-12(2)10-14-11-13-15-4-5-16(13)6-7-18-9-8-17-3/h4-5,12,14H,6-11H2,1-3H3. The molecule has 0 saturated heterocycles. The first-order valence-electron chi connectivity index (χ1n) is 6.51. The highest BCUT2D eigenvalue weighted by Gasteiger charge is 2.02. The minimum Gasteiger partial charge on any atom is -0.382 e. The SMILES string of the molecule is COCCOCCn1ccnc1CNCC(C)C. The molecule has 0 spiro atoms. The Bertz CT molecular complexity index is 313. The van der Waals surface area contributed by atoms with Crippen LogP contribution in [0.5, 0.6) is 0 Å². The molecule has 104 valence electrons. The second-order valence-corrected chi connectivity index (χ2v) is 4.67. The number of hydrogen-bond donors (Lipinski definition) is 1. The summed E-state index contributed by atoms with van der Waals surface area (Å²) >= 11 is 0. The fourth-order valence-corrected chi connectivity index (χ4v) is 1.59. The molecule has 0 aromatic carbocycles. The van der Waals surface area contributed by atoms with Crippen LogP contribution in [0.2, 0.25) is 0 Å². The van der Waals surface area contributed by atoms with Crippen LogP contribution < -0.4 is 5.32 Å². The lowest BCUT2D eigenvalue weighted by Crippen LogP contribution is -2.22. The summed E-state index contributed by atoms with van der Waals surface area (Å²) in [5.74, 6) is 1.72. The summed E-state index contributed by atoms with van der Waals surface area (Å²) < 4.78 is 12.5. The van der Waals surface area contributed by atoms with Crippen molar-refractivity contribution in [1.29, 1.82) is 0 Å². The predicted molar refractivity (Wildman–Crippen MR) is 71.5 cm³/mol. The van der Waals surface area contributed by atoms with Crippen LogP contribution in [0.3, 0.4) is 0 Å². The minimum absolute atomic E-state index is 0.645. The van der Waals surface area contributed by atoms with Gasteiger partial charge in [-0.15, -0.1) is 0 Å². The van der Waals surface area contributed by atoms with Crippen LogP contribution in [-0.4, -0.2) is 43.0 Å². The predicted octanol–water partition coefficient (Wildman–Crippen LogP) is 1.29. The highest BCUT2D eigenvalue weighted by atomic mass is 16.5. The molecular formula is C13H25N3O2. The molecule has 1 N–H and O–H groups in total. The van der Waals surface area contributed by atoms with Gasteiger partial charge < -0.3 is 19.4 Å².